The lowest BCUT2D eigenvalue weighted by Gasteiger charge is -2.31. The van der Waals surface area contributed by atoms with Gasteiger partial charge in [-0.15, -0.1) is 0 Å². The minimum absolute atomic E-state index is 0.00519. The monoisotopic (exact) mass is 238 g/mol. The van der Waals surface area contributed by atoms with E-state index in [2.05, 4.69) is 6.92 Å². The lowest BCUT2D eigenvalue weighted by atomic mass is 9.77. The van der Waals surface area contributed by atoms with Crippen molar-refractivity contribution in [3.63, 3.8) is 0 Å². The van der Waals surface area contributed by atoms with Gasteiger partial charge in [0.2, 0.25) is 0 Å². The van der Waals surface area contributed by atoms with Gasteiger partial charge in [0.15, 0.2) is 0 Å². The van der Waals surface area contributed by atoms with Gasteiger partial charge in [-0.3, -0.25) is 0 Å². The normalized spacial score (nSPS) is 34.2. The van der Waals surface area contributed by atoms with Gasteiger partial charge in [-0.05, 0) is 37.0 Å². The Morgan fingerprint density at radius 2 is 1.47 bits per heavy atom. The highest BCUT2D eigenvalue weighted by molar-refractivity contribution is 4.78. The zero-order valence-electron chi connectivity index (χ0n) is 11.5. The summed E-state index contributed by atoms with van der Waals surface area (Å²) >= 11 is 0. The lowest BCUT2D eigenvalue weighted by Crippen LogP contribution is -2.27. The molecule has 1 heteroatoms. The molecule has 0 radical (unpaired) electrons. The molecule has 1 N–H and O–H groups in total. The first-order valence-corrected chi connectivity index (χ1v) is 7.93. The fourth-order valence-electron chi connectivity index (χ4n) is 3.80. The Balaban J connectivity index is 1.73. The van der Waals surface area contributed by atoms with Crippen molar-refractivity contribution in [1.82, 2.24) is 0 Å². The van der Waals surface area contributed by atoms with Crippen molar-refractivity contribution in [2.24, 2.45) is 17.8 Å². The maximum Gasteiger partial charge on any atom is 0.0571 e. The molecule has 0 aromatic rings. The van der Waals surface area contributed by atoms with Gasteiger partial charge < -0.3 is 5.11 Å². The molecule has 2 rings (SSSR count). The smallest absolute Gasteiger partial charge is 0.0571 e. The van der Waals surface area contributed by atoms with Gasteiger partial charge >= 0.3 is 0 Å². The van der Waals surface area contributed by atoms with E-state index < -0.39 is 0 Å². The highest BCUT2D eigenvalue weighted by Crippen LogP contribution is 2.34. The molecule has 0 amide bonds. The molecule has 2 aliphatic rings. The van der Waals surface area contributed by atoms with Crippen molar-refractivity contribution in [2.45, 2.75) is 83.7 Å². The van der Waals surface area contributed by atoms with Gasteiger partial charge in [0.25, 0.3) is 0 Å². The predicted molar refractivity (Wildman–Crippen MR) is 72.9 cm³/mol. The minimum Gasteiger partial charge on any atom is -0.393 e. The lowest BCUT2D eigenvalue weighted by molar-refractivity contribution is 0.0527. The van der Waals surface area contributed by atoms with Crippen LogP contribution in [-0.2, 0) is 0 Å². The molecule has 0 aromatic carbocycles. The average molecular weight is 238 g/mol. The summed E-state index contributed by atoms with van der Waals surface area (Å²) in [6, 6.07) is 0. The largest absolute Gasteiger partial charge is 0.393 e. The van der Waals surface area contributed by atoms with Gasteiger partial charge in [-0.25, -0.2) is 0 Å². The molecular formula is C16H30O. The van der Waals surface area contributed by atoms with Crippen LogP contribution < -0.4 is 0 Å². The highest BCUT2D eigenvalue weighted by Gasteiger charge is 2.26. The zero-order valence-corrected chi connectivity index (χ0v) is 11.5. The van der Waals surface area contributed by atoms with Crippen LogP contribution in [-0.4, -0.2) is 11.2 Å². The standard InChI is InChI=1S/C16H30O/c1-13-8-10-15(11-9-13)16(17)12-14-6-4-2-3-5-7-14/h13-17H,2-12H2,1H3. The van der Waals surface area contributed by atoms with Crippen LogP contribution in [0.2, 0.25) is 0 Å². The number of aliphatic hydroxyl groups is 1. The maximum absolute atomic E-state index is 10.4. The van der Waals surface area contributed by atoms with Crippen molar-refractivity contribution in [1.29, 1.82) is 0 Å². The molecule has 2 fully saturated rings. The van der Waals surface area contributed by atoms with Gasteiger partial charge in [0.05, 0.1) is 6.10 Å². The molecule has 17 heavy (non-hydrogen) atoms. The third-order valence-corrected chi connectivity index (χ3v) is 5.15. The maximum atomic E-state index is 10.4. The molecule has 0 bridgehead atoms. The molecule has 0 aromatic heterocycles. The Morgan fingerprint density at radius 1 is 0.882 bits per heavy atom. The first-order chi connectivity index (χ1) is 8.25. The van der Waals surface area contributed by atoms with Crippen LogP contribution in [0.5, 0.6) is 0 Å². The fourth-order valence-corrected chi connectivity index (χ4v) is 3.80. The number of rotatable bonds is 3. The predicted octanol–water partition coefficient (Wildman–Crippen LogP) is 4.53. The van der Waals surface area contributed by atoms with E-state index in [9.17, 15) is 5.11 Å². The summed E-state index contributed by atoms with van der Waals surface area (Å²) in [4.78, 5) is 0. The third kappa shape index (κ3) is 4.28. The van der Waals surface area contributed by atoms with Crippen LogP contribution >= 0.6 is 0 Å². The molecule has 2 aliphatic carbocycles. The topological polar surface area (TPSA) is 20.2 Å². The SMILES string of the molecule is CC1CCC(C(O)CC2CCCCCC2)CC1. The van der Waals surface area contributed by atoms with Gasteiger partial charge in [0, 0.05) is 0 Å². The van der Waals surface area contributed by atoms with E-state index in [1.165, 1.54) is 64.2 Å². The second-order valence-electron chi connectivity index (χ2n) is 6.68. The van der Waals surface area contributed by atoms with Crippen molar-refractivity contribution in [2.75, 3.05) is 0 Å². The van der Waals surface area contributed by atoms with Crippen molar-refractivity contribution in [3.8, 4) is 0 Å². The number of aliphatic hydroxyl groups excluding tert-OH is 1. The highest BCUT2D eigenvalue weighted by atomic mass is 16.3. The average Bonchev–Trinajstić information content (AvgIpc) is 2.58. The van der Waals surface area contributed by atoms with E-state index >= 15 is 0 Å². The van der Waals surface area contributed by atoms with Crippen LogP contribution in [0.4, 0.5) is 0 Å². The van der Waals surface area contributed by atoms with Crippen molar-refractivity contribution in [3.05, 3.63) is 0 Å². The van der Waals surface area contributed by atoms with Gasteiger partial charge in [0.1, 0.15) is 0 Å². The molecule has 1 nitrogen and oxygen atoms in total. The van der Waals surface area contributed by atoms with E-state index in [1.807, 2.05) is 0 Å². The molecule has 1 atom stereocenters. The van der Waals surface area contributed by atoms with E-state index in [4.69, 9.17) is 0 Å². The Bertz CT molecular complexity index is 198. The van der Waals surface area contributed by atoms with Crippen LogP contribution in [0.1, 0.15) is 77.6 Å². The molecule has 0 aliphatic heterocycles. The van der Waals surface area contributed by atoms with Crippen LogP contribution in [0.25, 0.3) is 0 Å². The second kappa shape index (κ2) is 6.78. The van der Waals surface area contributed by atoms with Gasteiger partial charge in [-0.2, -0.15) is 0 Å². The van der Waals surface area contributed by atoms with E-state index in [1.54, 1.807) is 0 Å². The molecule has 0 heterocycles. The number of hydrogen-bond acceptors (Lipinski definition) is 1. The first-order valence-electron chi connectivity index (χ1n) is 7.93. The van der Waals surface area contributed by atoms with Crippen LogP contribution in [0.15, 0.2) is 0 Å². The van der Waals surface area contributed by atoms with Crippen LogP contribution in [0.3, 0.4) is 0 Å². The first kappa shape index (κ1) is 13.4. The van der Waals surface area contributed by atoms with E-state index in [-0.39, 0.29) is 6.10 Å². The Kier molecular flexibility index (Phi) is 5.34. The minimum atomic E-state index is 0.00519. The Hall–Kier alpha value is -0.0400. The molecule has 2 saturated carbocycles. The summed E-state index contributed by atoms with van der Waals surface area (Å²) in [6.07, 6.45) is 14.7. The van der Waals surface area contributed by atoms with Crippen LogP contribution in [0, 0.1) is 17.8 Å². The van der Waals surface area contributed by atoms with Crippen molar-refractivity contribution < 1.29 is 5.11 Å². The fraction of sp³-hybridized carbons (Fsp3) is 1.00. The third-order valence-electron chi connectivity index (χ3n) is 5.15. The molecule has 1 unspecified atom stereocenters. The summed E-state index contributed by atoms with van der Waals surface area (Å²) in [6.45, 7) is 2.36. The zero-order chi connectivity index (χ0) is 12.1. The molecule has 100 valence electrons. The molecule has 0 spiro atoms. The summed E-state index contributed by atoms with van der Waals surface area (Å²) in [5.41, 5.74) is 0. The summed E-state index contributed by atoms with van der Waals surface area (Å²) in [5, 5.41) is 10.4. The van der Waals surface area contributed by atoms with Crippen molar-refractivity contribution >= 4 is 0 Å². The summed E-state index contributed by atoms with van der Waals surface area (Å²) in [7, 11) is 0. The second-order valence-corrected chi connectivity index (χ2v) is 6.68. The van der Waals surface area contributed by atoms with Gasteiger partial charge in [-0.1, -0.05) is 58.3 Å². The Labute approximate surface area is 107 Å². The molecular weight excluding hydrogens is 208 g/mol. The Morgan fingerprint density at radius 3 is 2.06 bits per heavy atom. The van der Waals surface area contributed by atoms with E-state index in [0.717, 1.165) is 18.3 Å². The quantitative estimate of drug-likeness (QED) is 0.716. The van der Waals surface area contributed by atoms with E-state index in [0.29, 0.717) is 5.92 Å². The number of hydrogen-bond donors (Lipinski definition) is 1. The molecule has 0 saturated heterocycles. The summed E-state index contributed by atoms with van der Waals surface area (Å²) in [5.74, 6) is 2.35. The summed E-state index contributed by atoms with van der Waals surface area (Å²) < 4.78 is 0.